The van der Waals surface area contributed by atoms with Crippen molar-refractivity contribution >= 4 is 28.6 Å². The van der Waals surface area contributed by atoms with E-state index in [1.54, 1.807) is 4.57 Å². The summed E-state index contributed by atoms with van der Waals surface area (Å²) in [5.74, 6) is 0.605. The van der Waals surface area contributed by atoms with E-state index in [0.717, 1.165) is 26.0 Å². The maximum Gasteiger partial charge on any atom is 0.262 e. The van der Waals surface area contributed by atoms with Gasteiger partial charge in [0.25, 0.3) is 5.56 Å². The molecular formula is C23H31N3O3S. The normalized spacial score (nSPS) is 21.0. The van der Waals surface area contributed by atoms with Crippen molar-refractivity contribution in [3.63, 3.8) is 0 Å². The molecule has 1 aliphatic carbocycles. The molecule has 0 bridgehead atoms. The third-order valence-electron chi connectivity index (χ3n) is 6.18. The van der Waals surface area contributed by atoms with Gasteiger partial charge in [0.05, 0.1) is 28.8 Å². The fourth-order valence-electron chi connectivity index (χ4n) is 4.38. The summed E-state index contributed by atoms with van der Waals surface area (Å²) in [6.07, 6.45) is 8.24. The molecule has 1 amide bonds. The zero-order valence-corrected chi connectivity index (χ0v) is 18.5. The highest BCUT2D eigenvalue weighted by atomic mass is 32.2. The first-order valence-electron chi connectivity index (χ1n) is 11.2. The van der Waals surface area contributed by atoms with Crippen LogP contribution in [0.3, 0.4) is 0 Å². The molecule has 7 heteroatoms. The van der Waals surface area contributed by atoms with Crippen LogP contribution in [0.25, 0.3) is 10.9 Å². The van der Waals surface area contributed by atoms with Crippen molar-refractivity contribution in [3.8, 4) is 0 Å². The van der Waals surface area contributed by atoms with Gasteiger partial charge in [-0.05, 0) is 50.7 Å². The lowest BCUT2D eigenvalue weighted by Gasteiger charge is -2.23. The quantitative estimate of drug-likeness (QED) is 0.536. The van der Waals surface area contributed by atoms with Crippen LogP contribution >= 0.6 is 11.8 Å². The Bertz CT molecular complexity index is 933. The van der Waals surface area contributed by atoms with Crippen molar-refractivity contribution in [1.82, 2.24) is 14.9 Å². The van der Waals surface area contributed by atoms with Crippen LogP contribution < -0.4 is 10.9 Å². The number of amides is 1. The molecule has 2 heterocycles. The Kier molecular flexibility index (Phi) is 7.10. The first-order valence-corrected chi connectivity index (χ1v) is 12.1. The number of ether oxygens (including phenoxy) is 1. The molecule has 4 rings (SSSR count). The Hall–Kier alpha value is -1.86. The van der Waals surface area contributed by atoms with Crippen molar-refractivity contribution in [1.29, 1.82) is 0 Å². The number of hydrogen-bond donors (Lipinski definition) is 1. The highest BCUT2D eigenvalue weighted by Gasteiger charge is 2.24. The predicted molar refractivity (Wildman–Crippen MR) is 120 cm³/mol. The van der Waals surface area contributed by atoms with Gasteiger partial charge >= 0.3 is 0 Å². The van der Waals surface area contributed by atoms with Gasteiger partial charge in [-0.3, -0.25) is 14.2 Å². The number of para-hydroxylation sites is 1. The van der Waals surface area contributed by atoms with E-state index in [1.807, 2.05) is 31.2 Å². The lowest BCUT2D eigenvalue weighted by atomic mass is 9.89. The maximum absolute atomic E-state index is 13.2. The Morgan fingerprint density at radius 1 is 1.23 bits per heavy atom. The Labute approximate surface area is 181 Å². The van der Waals surface area contributed by atoms with Gasteiger partial charge in [0.15, 0.2) is 5.16 Å². The van der Waals surface area contributed by atoms with Crippen LogP contribution in [0.4, 0.5) is 0 Å². The molecule has 2 aliphatic rings. The number of fused-ring (bicyclic) bond motifs is 1. The molecule has 6 nitrogen and oxygen atoms in total. The molecule has 1 saturated heterocycles. The van der Waals surface area contributed by atoms with Crippen molar-refractivity contribution in [3.05, 3.63) is 34.6 Å². The number of thioether (sulfide) groups is 1. The fraction of sp³-hybridized carbons (Fsp3) is 0.609. The van der Waals surface area contributed by atoms with Gasteiger partial charge in [-0.15, -0.1) is 0 Å². The van der Waals surface area contributed by atoms with E-state index >= 15 is 0 Å². The van der Waals surface area contributed by atoms with Crippen LogP contribution in [-0.2, 0) is 16.1 Å². The Morgan fingerprint density at radius 3 is 2.80 bits per heavy atom. The molecule has 2 aromatic rings. The molecule has 1 aromatic heterocycles. The third kappa shape index (κ3) is 5.06. The highest BCUT2D eigenvalue weighted by molar-refractivity contribution is 8.00. The van der Waals surface area contributed by atoms with Gasteiger partial charge in [0.2, 0.25) is 5.91 Å². The third-order valence-corrected chi connectivity index (χ3v) is 7.27. The summed E-state index contributed by atoms with van der Waals surface area (Å²) in [4.78, 5) is 30.6. The molecule has 30 heavy (non-hydrogen) atoms. The van der Waals surface area contributed by atoms with Crippen molar-refractivity contribution < 1.29 is 9.53 Å². The number of carbonyl (C=O) groups excluding carboxylic acids is 1. The van der Waals surface area contributed by atoms with E-state index in [2.05, 4.69) is 5.32 Å². The smallest absolute Gasteiger partial charge is 0.262 e. The number of nitrogens with zero attached hydrogens (tertiary/aromatic N) is 2. The predicted octanol–water partition coefficient (Wildman–Crippen LogP) is 3.75. The number of benzene rings is 1. The van der Waals surface area contributed by atoms with Gasteiger partial charge in [-0.2, -0.15) is 0 Å². The average molecular weight is 430 g/mol. The SMILES string of the molecule is C[C@@H](Sc1nc2ccccc2c(=O)n1C[C@@H]1CCCO1)C(=O)NCC1CCCCC1. The first kappa shape index (κ1) is 21.4. The molecule has 1 N–H and O–H groups in total. The molecule has 162 valence electrons. The van der Waals surface area contributed by atoms with Crippen LogP contribution in [0.5, 0.6) is 0 Å². The summed E-state index contributed by atoms with van der Waals surface area (Å²) in [5.41, 5.74) is 0.608. The largest absolute Gasteiger partial charge is 0.376 e. The summed E-state index contributed by atoms with van der Waals surface area (Å²) in [6, 6.07) is 7.40. The summed E-state index contributed by atoms with van der Waals surface area (Å²) in [6.45, 7) is 3.86. The van der Waals surface area contributed by atoms with Crippen molar-refractivity contribution in [2.24, 2.45) is 5.92 Å². The Balaban J connectivity index is 1.51. The van der Waals surface area contributed by atoms with Crippen LogP contribution in [0.15, 0.2) is 34.2 Å². The number of carbonyl (C=O) groups is 1. The van der Waals surface area contributed by atoms with E-state index in [9.17, 15) is 9.59 Å². The lowest BCUT2D eigenvalue weighted by Crippen LogP contribution is -2.36. The minimum atomic E-state index is -0.322. The molecule has 0 radical (unpaired) electrons. The molecule has 1 aromatic carbocycles. The number of aromatic nitrogens is 2. The Morgan fingerprint density at radius 2 is 2.03 bits per heavy atom. The topological polar surface area (TPSA) is 73.2 Å². The van der Waals surface area contributed by atoms with Crippen LogP contribution in [0, 0.1) is 5.92 Å². The molecule has 1 aliphatic heterocycles. The van der Waals surface area contributed by atoms with Crippen molar-refractivity contribution in [2.75, 3.05) is 13.2 Å². The average Bonchev–Trinajstić information content (AvgIpc) is 3.28. The summed E-state index contributed by atoms with van der Waals surface area (Å²) >= 11 is 1.36. The molecule has 2 atom stereocenters. The first-order chi connectivity index (χ1) is 14.6. The zero-order chi connectivity index (χ0) is 20.9. The molecule has 2 fully saturated rings. The van der Waals surface area contributed by atoms with E-state index in [1.165, 1.54) is 43.9 Å². The minimum absolute atomic E-state index is 0.0108. The second-order valence-electron chi connectivity index (χ2n) is 8.47. The molecular weight excluding hydrogens is 398 g/mol. The highest BCUT2D eigenvalue weighted by Crippen LogP contribution is 2.26. The molecule has 1 saturated carbocycles. The van der Waals surface area contributed by atoms with E-state index in [-0.39, 0.29) is 22.8 Å². The van der Waals surface area contributed by atoms with Gasteiger partial charge in [0, 0.05) is 13.2 Å². The zero-order valence-electron chi connectivity index (χ0n) is 17.6. The van der Waals surface area contributed by atoms with Gasteiger partial charge in [-0.1, -0.05) is 43.2 Å². The van der Waals surface area contributed by atoms with Crippen LogP contribution in [-0.4, -0.2) is 40.0 Å². The van der Waals surface area contributed by atoms with Crippen molar-refractivity contribution in [2.45, 2.75) is 74.9 Å². The van der Waals surface area contributed by atoms with Gasteiger partial charge < -0.3 is 10.1 Å². The fourth-order valence-corrected chi connectivity index (χ4v) is 5.32. The van der Waals surface area contributed by atoms with Crippen LogP contribution in [0.2, 0.25) is 0 Å². The van der Waals surface area contributed by atoms with E-state index in [4.69, 9.17) is 9.72 Å². The summed E-state index contributed by atoms with van der Waals surface area (Å²) < 4.78 is 7.46. The lowest BCUT2D eigenvalue weighted by molar-refractivity contribution is -0.120. The standard InChI is InChI=1S/C23H31N3O3S/c1-16(21(27)24-14-17-8-3-2-4-9-17)30-23-25-20-12-6-5-11-19(20)22(28)26(23)15-18-10-7-13-29-18/h5-6,11-12,16-18H,2-4,7-10,13-15H2,1H3,(H,24,27)/t16-,18+/m1/s1. The second kappa shape index (κ2) is 9.96. The number of hydrogen-bond acceptors (Lipinski definition) is 5. The summed E-state index contributed by atoms with van der Waals surface area (Å²) in [5, 5.41) is 3.99. The maximum atomic E-state index is 13.2. The van der Waals surface area contributed by atoms with Gasteiger partial charge in [-0.25, -0.2) is 4.98 Å². The second-order valence-corrected chi connectivity index (χ2v) is 9.78. The number of rotatable bonds is 7. The molecule has 0 unspecified atom stereocenters. The summed E-state index contributed by atoms with van der Waals surface area (Å²) in [7, 11) is 0. The van der Waals surface area contributed by atoms with E-state index < -0.39 is 0 Å². The number of nitrogens with one attached hydrogen (secondary N) is 1. The molecule has 0 spiro atoms. The monoisotopic (exact) mass is 429 g/mol. The van der Waals surface area contributed by atoms with Gasteiger partial charge in [0.1, 0.15) is 0 Å². The minimum Gasteiger partial charge on any atom is -0.376 e. The van der Waals surface area contributed by atoms with E-state index in [0.29, 0.717) is 28.5 Å². The van der Waals surface area contributed by atoms with Crippen LogP contribution in [0.1, 0.15) is 51.9 Å².